The third-order valence-corrected chi connectivity index (χ3v) is 19.5. The van der Waals surface area contributed by atoms with Crippen LogP contribution in [-0.4, -0.2) is 118 Å². The van der Waals surface area contributed by atoms with Gasteiger partial charge in [0, 0.05) is 98.6 Å². The van der Waals surface area contributed by atoms with Crippen LogP contribution in [0, 0.1) is 11.8 Å². The molecule has 3 amide bonds. The van der Waals surface area contributed by atoms with Crippen LogP contribution in [0.15, 0.2) is 150 Å². The van der Waals surface area contributed by atoms with Gasteiger partial charge in [-0.25, -0.2) is 9.59 Å². The summed E-state index contributed by atoms with van der Waals surface area (Å²) in [5.41, 5.74) is 10.1. The van der Waals surface area contributed by atoms with E-state index in [4.69, 9.17) is 9.84 Å². The van der Waals surface area contributed by atoms with E-state index < -0.39 is 51.9 Å². The first-order valence-electron chi connectivity index (χ1n) is 34.6. The molecule has 1 aliphatic carbocycles. The van der Waals surface area contributed by atoms with Gasteiger partial charge >= 0.3 is 23.9 Å². The Morgan fingerprint density at radius 2 is 1.29 bits per heavy atom. The highest BCUT2D eigenvalue weighted by molar-refractivity contribution is 7.85. The van der Waals surface area contributed by atoms with E-state index in [9.17, 15) is 56.7 Å². The van der Waals surface area contributed by atoms with Crippen molar-refractivity contribution in [2.24, 2.45) is 11.8 Å². The molecule has 4 aromatic carbocycles. The molecule has 0 radical (unpaired) electrons. The van der Waals surface area contributed by atoms with Crippen LogP contribution >= 0.6 is 0 Å². The maximum atomic E-state index is 13.5. The van der Waals surface area contributed by atoms with Gasteiger partial charge in [-0.1, -0.05) is 131 Å². The summed E-state index contributed by atoms with van der Waals surface area (Å²) in [5, 5.41) is 36.6. The molecular weight excluding hydrogens is 1250 g/mol. The summed E-state index contributed by atoms with van der Waals surface area (Å²) in [6, 6.07) is 31.5. The van der Waals surface area contributed by atoms with E-state index in [0.29, 0.717) is 44.5 Å². The minimum atomic E-state index is -4.09. The SMILES string of the molecule is CCCCC[N+]1=C(/C=C/C2=C(Oc3ccc(C[C@H](CC(=O)CCCCCCCNC(=O)[C@@H](CC(=O)CC[C@H](NC(=O)NCCCC(=O)O)C(=O)O)Cc4ccccc4)C(=O)O)cc3)C(=C/C=C3/N(CCCCS(=O)(=O)O)c4ccccc4C3(C)C)/CCC2)C(C)(C)c2ccccc21. The average molecular weight is 1350 g/mol. The predicted octanol–water partition coefficient (Wildman–Crippen LogP) is 13.5. The molecule has 97 heavy (non-hydrogen) atoms. The zero-order chi connectivity index (χ0) is 70.1. The number of amides is 3. The van der Waals surface area contributed by atoms with Crippen LogP contribution in [-0.2, 0) is 62.6 Å². The molecule has 522 valence electrons. The van der Waals surface area contributed by atoms with E-state index in [-0.39, 0.29) is 98.4 Å². The lowest BCUT2D eigenvalue weighted by molar-refractivity contribution is -0.438. The number of nitrogens with one attached hydrogen (secondary N) is 3. The number of carbonyl (C=O) groups excluding carboxylic acids is 4. The van der Waals surface area contributed by atoms with Crippen LogP contribution in [0.5, 0.6) is 5.75 Å². The minimum Gasteiger partial charge on any atom is -0.481 e. The van der Waals surface area contributed by atoms with Gasteiger partial charge in [0.15, 0.2) is 5.71 Å². The number of allylic oxidation sites excluding steroid dienone is 7. The number of urea groups is 1. The zero-order valence-corrected chi connectivity index (χ0v) is 57.9. The van der Waals surface area contributed by atoms with Crippen molar-refractivity contribution in [3.63, 3.8) is 0 Å². The molecule has 19 nitrogen and oxygen atoms in total. The lowest BCUT2D eigenvalue weighted by Crippen LogP contribution is -2.46. The number of unbranched alkanes of at least 4 members (excludes halogenated alkanes) is 7. The first-order chi connectivity index (χ1) is 46.4. The monoisotopic (exact) mass is 1350 g/mol. The molecule has 0 fully saturated rings. The van der Waals surface area contributed by atoms with Gasteiger partial charge in [-0.05, 0) is 149 Å². The van der Waals surface area contributed by atoms with Gasteiger partial charge in [-0.2, -0.15) is 13.0 Å². The molecule has 4 aromatic rings. The molecule has 7 rings (SSSR count). The Hall–Kier alpha value is -8.49. The maximum Gasteiger partial charge on any atom is 0.326 e. The first-order valence-corrected chi connectivity index (χ1v) is 36.2. The molecular formula is C77H100N5O14S+. The van der Waals surface area contributed by atoms with E-state index in [1.807, 2.05) is 66.7 Å². The van der Waals surface area contributed by atoms with Gasteiger partial charge in [-0.3, -0.25) is 28.5 Å². The number of carbonyl (C=O) groups is 7. The molecule has 2 aliphatic heterocycles. The number of carboxylic acid groups (broad SMARTS) is 3. The Morgan fingerprint density at radius 1 is 0.639 bits per heavy atom. The number of anilines is 1. The highest BCUT2D eigenvalue weighted by Crippen LogP contribution is 2.48. The van der Waals surface area contributed by atoms with Crippen LogP contribution in [0.2, 0.25) is 0 Å². The Morgan fingerprint density at radius 3 is 2.00 bits per heavy atom. The normalized spacial score (nSPS) is 16.6. The van der Waals surface area contributed by atoms with Gasteiger partial charge in [0.2, 0.25) is 11.6 Å². The first kappa shape index (κ1) is 75.9. The number of benzene rings is 4. The molecule has 0 saturated carbocycles. The van der Waals surface area contributed by atoms with Crippen LogP contribution in [0.3, 0.4) is 0 Å². The van der Waals surface area contributed by atoms with Gasteiger partial charge in [0.25, 0.3) is 10.1 Å². The molecule has 0 saturated heterocycles. The summed E-state index contributed by atoms with van der Waals surface area (Å²) >= 11 is 0. The van der Waals surface area contributed by atoms with E-state index in [1.165, 1.54) is 17.0 Å². The van der Waals surface area contributed by atoms with Crippen molar-refractivity contribution in [1.29, 1.82) is 0 Å². The van der Waals surface area contributed by atoms with Crippen molar-refractivity contribution < 1.29 is 71.2 Å². The maximum absolute atomic E-state index is 13.5. The topological polar surface area (TPSA) is 286 Å². The highest BCUT2D eigenvalue weighted by atomic mass is 32.2. The van der Waals surface area contributed by atoms with Crippen molar-refractivity contribution in [3.8, 4) is 5.75 Å². The summed E-state index contributed by atoms with van der Waals surface area (Å²) in [6.07, 6.45) is 19.0. The number of para-hydroxylation sites is 2. The predicted molar refractivity (Wildman–Crippen MR) is 377 cm³/mol. The second kappa shape index (κ2) is 36.7. The van der Waals surface area contributed by atoms with Crippen LogP contribution in [0.1, 0.15) is 185 Å². The van der Waals surface area contributed by atoms with Crippen molar-refractivity contribution in [3.05, 3.63) is 172 Å². The van der Waals surface area contributed by atoms with E-state index >= 15 is 0 Å². The van der Waals surface area contributed by atoms with Crippen LogP contribution < -0.4 is 25.6 Å². The Labute approximate surface area is 572 Å². The molecule has 3 aliphatic rings. The number of aliphatic carboxylic acids is 3. The van der Waals surface area contributed by atoms with Crippen molar-refractivity contribution >= 4 is 68.6 Å². The number of fused-ring (bicyclic) bond motifs is 2. The smallest absolute Gasteiger partial charge is 0.326 e. The number of carboxylic acids is 3. The van der Waals surface area contributed by atoms with Crippen molar-refractivity contribution in [2.45, 2.75) is 193 Å². The molecule has 0 bridgehead atoms. The van der Waals surface area contributed by atoms with E-state index in [2.05, 4.69) is 121 Å². The minimum absolute atomic E-state index is 0.0285. The molecule has 2 heterocycles. The zero-order valence-electron chi connectivity index (χ0n) is 57.1. The standard InChI is InChI=1S/C77H99N5O14S/c1-6-7-20-47-81-66-32-17-15-30-63(66)76(2,3)68(81)43-37-56-27-23-28-57(38-44-69-77(4,5)64-31-16-18-33-67(64)82(69)48-21-22-49-97(93,94)95)71(56)96-62-40-35-55(36-41-62)51-59(73(88)89)53-60(83)29-14-9-8-10-19-45-78-72(87)58(50-54-25-12-11-13-26-54)52-61(84)39-42-65(74(90)91)80-75(92)79-46-24-34-70(85)86/h11-13,15-18,25-26,30-33,35-38,40-41,43-44,58-59,65H,6-10,14,19-24,27-29,34,39,42,45-53H2,1-5H3,(H6-,78,79,80,85,86,87,88,89,90,91,92,93,94,95)/p+1/t58-,59-,65+/m1/s1. The van der Waals surface area contributed by atoms with Gasteiger partial charge in [-0.15, -0.1) is 0 Å². The quantitative estimate of drug-likeness (QED) is 0.0124. The molecule has 3 atom stereocenters. The van der Waals surface area contributed by atoms with Crippen LogP contribution in [0.25, 0.3) is 0 Å². The molecule has 7 N–H and O–H groups in total. The number of ether oxygens (including phenoxy) is 1. The number of nitrogens with zero attached hydrogens (tertiary/aromatic N) is 2. The second-order valence-corrected chi connectivity index (χ2v) is 28.5. The number of Topliss-reactive ketones (excluding diaryl/α,β-unsaturated/α-hetero) is 2. The second-order valence-electron chi connectivity index (χ2n) is 27.0. The van der Waals surface area contributed by atoms with Gasteiger partial charge in [0.05, 0.1) is 17.1 Å². The molecule has 0 spiro atoms. The van der Waals surface area contributed by atoms with Crippen molar-refractivity contribution in [2.75, 3.05) is 36.8 Å². The summed E-state index contributed by atoms with van der Waals surface area (Å²) < 4.78 is 42.3. The average Bonchev–Trinajstić information content (AvgIpc) is 1.61. The molecule has 20 heteroatoms. The number of hydrogen-bond donors (Lipinski definition) is 7. The van der Waals surface area contributed by atoms with E-state index in [0.717, 1.165) is 109 Å². The third-order valence-electron chi connectivity index (χ3n) is 18.7. The number of ketones is 2. The third kappa shape index (κ3) is 22.8. The molecule has 0 aromatic heterocycles. The fourth-order valence-corrected chi connectivity index (χ4v) is 13.9. The van der Waals surface area contributed by atoms with Gasteiger partial charge in [0.1, 0.15) is 35.7 Å². The van der Waals surface area contributed by atoms with Crippen molar-refractivity contribution in [1.82, 2.24) is 16.0 Å². The van der Waals surface area contributed by atoms with Crippen LogP contribution in [0.4, 0.5) is 16.2 Å². The summed E-state index contributed by atoms with van der Waals surface area (Å²) in [5.74, 6) is -4.79. The summed E-state index contributed by atoms with van der Waals surface area (Å²) in [7, 11) is -4.09. The van der Waals surface area contributed by atoms with E-state index in [1.54, 1.807) is 0 Å². The lowest BCUT2D eigenvalue weighted by Gasteiger charge is -2.27. The largest absolute Gasteiger partial charge is 0.481 e. The van der Waals surface area contributed by atoms with Gasteiger partial charge < -0.3 is 40.9 Å². The summed E-state index contributed by atoms with van der Waals surface area (Å²) in [4.78, 5) is 90.0. The Bertz CT molecular complexity index is 3680. The number of rotatable bonds is 41. The highest BCUT2D eigenvalue weighted by Gasteiger charge is 2.44. The Kier molecular flexibility index (Phi) is 28.7. The summed E-state index contributed by atoms with van der Waals surface area (Å²) in [6.45, 7) is 13.0. The number of hydrogen-bond acceptors (Lipinski definition) is 11. The fraction of sp³-hybridized carbons (Fsp3) is 0.481. The fourth-order valence-electron chi connectivity index (χ4n) is 13.3. The Balaban J connectivity index is 0.960. The molecule has 0 unspecified atom stereocenters. The lowest BCUT2D eigenvalue weighted by atomic mass is 9.81.